The van der Waals surface area contributed by atoms with Gasteiger partial charge in [0, 0.05) is 12.7 Å². The minimum Gasteiger partial charge on any atom is -0.492 e. The van der Waals surface area contributed by atoms with Crippen LogP contribution in [0, 0.1) is 6.92 Å². The predicted molar refractivity (Wildman–Crippen MR) is 106 cm³/mol. The largest absolute Gasteiger partial charge is 0.492 e. The lowest BCUT2D eigenvalue weighted by Crippen LogP contribution is -2.16. The van der Waals surface area contributed by atoms with Crippen LogP contribution in [0.25, 0.3) is 0 Å². The maximum atomic E-state index is 12.6. The molecular weight excluding hydrogens is 340 g/mol. The molecule has 0 aliphatic carbocycles. The maximum absolute atomic E-state index is 12.6. The minimum absolute atomic E-state index is 0.281. The minimum atomic E-state index is -0.317. The molecule has 0 aliphatic rings. The molecule has 3 rings (SSSR count). The molecule has 0 aliphatic heterocycles. The number of nitrogens with one attached hydrogen (secondary N) is 2. The highest BCUT2D eigenvalue weighted by Crippen LogP contribution is 2.24. The van der Waals surface area contributed by atoms with Gasteiger partial charge in [-0.25, -0.2) is 9.97 Å². The van der Waals surface area contributed by atoms with Crippen LogP contribution in [0.3, 0.4) is 0 Å². The van der Waals surface area contributed by atoms with Crippen molar-refractivity contribution in [1.29, 1.82) is 0 Å². The molecule has 138 valence electrons. The van der Waals surface area contributed by atoms with Crippen molar-refractivity contribution in [2.45, 2.75) is 20.4 Å². The molecule has 1 heterocycles. The molecule has 0 fully saturated rings. The summed E-state index contributed by atoms with van der Waals surface area (Å²) in [7, 11) is 0. The summed E-state index contributed by atoms with van der Waals surface area (Å²) < 4.78 is 5.53. The topological polar surface area (TPSA) is 76.1 Å². The number of nitrogens with zero attached hydrogens (tertiary/aromatic N) is 2. The van der Waals surface area contributed by atoms with Gasteiger partial charge in [-0.3, -0.25) is 4.79 Å². The quantitative estimate of drug-likeness (QED) is 0.663. The molecule has 27 heavy (non-hydrogen) atoms. The molecule has 0 radical (unpaired) electrons. The van der Waals surface area contributed by atoms with Gasteiger partial charge in [0.25, 0.3) is 5.91 Å². The van der Waals surface area contributed by atoms with Gasteiger partial charge in [-0.1, -0.05) is 42.0 Å². The highest BCUT2D eigenvalue weighted by Gasteiger charge is 2.12. The Morgan fingerprint density at radius 2 is 1.96 bits per heavy atom. The molecule has 1 aromatic heterocycles. The Morgan fingerprint density at radius 3 is 2.78 bits per heavy atom. The second kappa shape index (κ2) is 8.80. The number of aryl methyl sites for hydroxylation is 1. The van der Waals surface area contributed by atoms with Gasteiger partial charge in [-0.05, 0) is 37.6 Å². The average Bonchev–Trinajstić information content (AvgIpc) is 2.68. The summed E-state index contributed by atoms with van der Waals surface area (Å²) in [4.78, 5) is 21.1. The van der Waals surface area contributed by atoms with Crippen molar-refractivity contribution in [3.63, 3.8) is 0 Å². The van der Waals surface area contributed by atoms with E-state index in [0.717, 1.165) is 5.56 Å². The molecule has 0 spiro atoms. The standard InChI is InChI=1S/C21H22N4O2/c1-3-27-19-10-5-4-9-17(19)24-20(26)18-11-12-22-21(25-18)23-14-16-8-6-7-15(2)13-16/h4-13H,3,14H2,1-2H3,(H,24,26)(H,22,23,25). The van der Waals surface area contributed by atoms with Crippen LogP contribution in [-0.2, 0) is 6.54 Å². The first-order valence-electron chi connectivity index (χ1n) is 8.81. The van der Waals surface area contributed by atoms with Crippen molar-refractivity contribution < 1.29 is 9.53 Å². The normalized spacial score (nSPS) is 10.3. The van der Waals surface area contributed by atoms with E-state index in [1.165, 1.54) is 5.56 Å². The molecule has 0 saturated carbocycles. The molecular formula is C21H22N4O2. The Hall–Kier alpha value is -3.41. The molecule has 2 N–H and O–H groups in total. The van der Waals surface area contributed by atoms with Crippen molar-refractivity contribution in [2.24, 2.45) is 0 Å². The van der Waals surface area contributed by atoms with Gasteiger partial charge < -0.3 is 15.4 Å². The highest BCUT2D eigenvalue weighted by atomic mass is 16.5. The van der Waals surface area contributed by atoms with E-state index in [2.05, 4.69) is 26.7 Å². The fourth-order valence-corrected chi connectivity index (χ4v) is 2.61. The number of benzene rings is 2. The molecule has 6 nitrogen and oxygen atoms in total. The molecule has 6 heteroatoms. The van der Waals surface area contributed by atoms with Crippen LogP contribution in [0.1, 0.15) is 28.5 Å². The Morgan fingerprint density at radius 1 is 1.11 bits per heavy atom. The van der Waals surface area contributed by atoms with Gasteiger partial charge in [-0.2, -0.15) is 0 Å². The van der Waals surface area contributed by atoms with Crippen molar-refractivity contribution in [1.82, 2.24) is 9.97 Å². The molecule has 0 unspecified atom stereocenters. The number of carbonyl (C=O) groups excluding carboxylic acids is 1. The Balaban J connectivity index is 1.68. The van der Waals surface area contributed by atoms with Gasteiger partial charge in [0.15, 0.2) is 0 Å². The van der Waals surface area contributed by atoms with E-state index in [1.807, 2.05) is 50.2 Å². The summed E-state index contributed by atoms with van der Waals surface area (Å²) in [5, 5.41) is 5.99. The van der Waals surface area contributed by atoms with Crippen LogP contribution in [0.15, 0.2) is 60.8 Å². The van der Waals surface area contributed by atoms with Gasteiger partial charge in [0.05, 0.1) is 12.3 Å². The molecule has 0 atom stereocenters. The average molecular weight is 362 g/mol. The van der Waals surface area contributed by atoms with E-state index in [0.29, 0.717) is 30.5 Å². The van der Waals surface area contributed by atoms with Crippen LogP contribution >= 0.6 is 0 Å². The number of carbonyl (C=O) groups is 1. The van der Waals surface area contributed by atoms with Gasteiger partial charge in [0.1, 0.15) is 11.4 Å². The van der Waals surface area contributed by atoms with E-state index in [1.54, 1.807) is 18.3 Å². The lowest BCUT2D eigenvalue weighted by Gasteiger charge is -2.11. The van der Waals surface area contributed by atoms with E-state index < -0.39 is 0 Å². The summed E-state index contributed by atoms with van der Waals surface area (Å²) in [5.41, 5.74) is 3.20. The van der Waals surface area contributed by atoms with Crippen molar-refractivity contribution in [3.8, 4) is 5.75 Å². The first-order valence-corrected chi connectivity index (χ1v) is 8.81. The van der Waals surface area contributed by atoms with Crippen LogP contribution in [0.2, 0.25) is 0 Å². The number of hydrogen-bond acceptors (Lipinski definition) is 5. The second-order valence-electron chi connectivity index (χ2n) is 5.99. The van der Waals surface area contributed by atoms with E-state index >= 15 is 0 Å². The first kappa shape index (κ1) is 18.4. The van der Waals surface area contributed by atoms with Crippen molar-refractivity contribution in [2.75, 3.05) is 17.2 Å². The molecule has 3 aromatic rings. The first-order chi connectivity index (χ1) is 13.2. The van der Waals surface area contributed by atoms with E-state index in [4.69, 9.17) is 4.74 Å². The molecule has 0 bridgehead atoms. The zero-order valence-electron chi connectivity index (χ0n) is 15.4. The fourth-order valence-electron chi connectivity index (χ4n) is 2.61. The summed E-state index contributed by atoms with van der Waals surface area (Å²) in [6.45, 7) is 5.05. The van der Waals surface area contributed by atoms with Crippen LogP contribution in [-0.4, -0.2) is 22.5 Å². The number of rotatable bonds is 7. The van der Waals surface area contributed by atoms with Gasteiger partial charge >= 0.3 is 0 Å². The number of para-hydroxylation sites is 2. The zero-order valence-corrected chi connectivity index (χ0v) is 15.4. The third-order valence-corrected chi connectivity index (χ3v) is 3.86. The Bertz CT molecular complexity index is 927. The van der Waals surface area contributed by atoms with Crippen LogP contribution in [0.5, 0.6) is 5.75 Å². The number of anilines is 2. The number of aromatic nitrogens is 2. The smallest absolute Gasteiger partial charge is 0.274 e. The summed E-state index contributed by atoms with van der Waals surface area (Å²) >= 11 is 0. The van der Waals surface area contributed by atoms with Crippen LogP contribution in [0.4, 0.5) is 11.6 Å². The number of amides is 1. The SMILES string of the molecule is CCOc1ccccc1NC(=O)c1ccnc(NCc2cccc(C)c2)n1. The fraction of sp³-hybridized carbons (Fsp3) is 0.190. The lowest BCUT2D eigenvalue weighted by atomic mass is 10.1. The second-order valence-corrected chi connectivity index (χ2v) is 5.99. The van der Waals surface area contributed by atoms with Gasteiger partial charge in [-0.15, -0.1) is 0 Å². The molecule has 2 aromatic carbocycles. The number of hydrogen-bond donors (Lipinski definition) is 2. The Labute approximate surface area is 158 Å². The zero-order chi connectivity index (χ0) is 19.1. The Kier molecular flexibility index (Phi) is 5.99. The number of ether oxygens (including phenoxy) is 1. The van der Waals surface area contributed by atoms with Crippen molar-refractivity contribution >= 4 is 17.5 Å². The molecule has 1 amide bonds. The predicted octanol–water partition coefficient (Wildman–Crippen LogP) is 4.05. The van der Waals surface area contributed by atoms with Crippen molar-refractivity contribution in [3.05, 3.63) is 77.6 Å². The summed E-state index contributed by atoms with van der Waals surface area (Å²) in [5.74, 6) is 0.714. The van der Waals surface area contributed by atoms with E-state index in [-0.39, 0.29) is 11.6 Å². The third-order valence-electron chi connectivity index (χ3n) is 3.86. The summed E-state index contributed by atoms with van der Waals surface area (Å²) in [6.07, 6.45) is 1.56. The lowest BCUT2D eigenvalue weighted by molar-refractivity contribution is 0.102. The monoisotopic (exact) mass is 362 g/mol. The summed E-state index contributed by atoms with van der Waals surface area (Å²) in [6, 6.07) is 17.1. The van der Waals surface area contributed by atoms with Crippen LogP contribution < -0.4 is 15.4 Å². The van der Waals surface area contributed by atoms with E-state index in [9.17, 15) is 4.79 Å². The van der Waals surface area contributed by atoms with Gasteiger partial charge in [0.2, 0.25) is 5.95 Å². The highest BCUT2D eigenvalue weighted by molar-refractivity contribution is 6.03. The maximum Gasteiger partial charge on any atom is 0.274 e. The molecule has 0 saturated heterocycles. The third kappa shape index (κ3) is 5.04.